The standard InChI is InChI=1S/C14H19ClN2O2/c1-16-13-6-5-10(15)8-12(13)14(18)17(2)9-11-4-3-7-19-11/h5-6,8,11,16H,3-4,7,9H2,1-2H3. The van der Waals surface area contributed by atoms with Crippen molar-refractivity contribution in [3.8, 4) is 0 Å². The van der Waals surface area contributed by atoms with E-state index < -0.39 is 0 Å². The molecule has 0 aromatic heterocycles. The maximum atomic E-state index is 12.4. The van der Waals surface area contributed by atoms with Crippen molar-refractivity contribution < 1.29 is 9.53 Å². The van der Waals surface area contributed by atoms with Gasteiger partial charge in [0.1, 0.15) is 0 Å². The Balaban J connectivity index is 2.11. The number of amides is 1. The van der Waals surface area contributed by atoms with E-state index in [1.54, 1.807) is 31.1 Å². The third-order valence-electron chi connectivity index (χ3n) is 3.33. The zero-order valence-electron chi connectivity index (χ0n) is 11.3. The normalized spacial score (nSPS) is 18.4. The molecule has 1 fully saturated rings. The van der Waals surface area contributed by atoms with E-state index >= 15 is 0 Å². The number of hydrogen-bond acceptors (Lipinski definition) is 3. The van der Waals surface area contributed by atoms with Gasteiger partial charge >= 0.3 is 0 Å². The predicted molar refractivity (Wildman–Crippen MR) is 76.9 cm³/mol. The zero-order chi connectivity index (χ0) is 13.8. The Morgan fingerprint density at radius 3 is 3.00 bits per heavy atom. The molecule has 0 spiro atoms. The minimum atomic E-state index is -0.0395. The fourth-order valence-electron chi connectivity index (χ4n) is 2.29. The van der Waals surface area contributed by atoms with Gasteiger partial charge in [-0.05, 0) is 31.0 Å². The van der Waals surface area contributed by atoms with Crippen LogP contribution in [-0.4, -0.2) is 44.2 Å². The first kappa shape index (κ1) is 14.2. The number of likely N-dealkylation sites (N-methyl/N-ethyl adjacent to an activating group) is 1. The van der Waals surface area contributed by atoms with Crippen molar-refractivity contribution in [1.82, 2.24) is 4.90 Å². The molecule has 4 nitrogen and oxygen atoms in total. The second-order valence-electron chi connectivity index (χ2n) is 4.76. The first-order chi connectivity index (χ1) is 9.11. The summed E-state index contributed by atoms with van der Waals surface area (Å²) in [4.78, 5) is 14.1. The average Bonchev–Trinajstić information content (AvgIpc) is 2.90. The molecule has 1 unspecified atom stereocenters. The summed E-state index contributed by atoms with van der Waals surface area (Å²) in [7, 11) is 3.59. The van der Waals surface area contributed by atoms with Crippen molar-refractivity contribution >= 4 is 23.2 Å². The molecule has 1 amide bonds. The molecule has 104 valence electrons. The molecule has 2 rings (SSSR count). The van der Waals surface area contributed by atoms with Gasteiger partial charge in [0, 0.05) is 38.0 Å². The van der Waals surface area contributed by atoms with Gasteiger partial charge < -0.3 is 15.0 Å². The fourth-order valence-corrected chi connectivity index (χ4v) is 2.47. The summed E-state index contributed by atoms with van der Waals surface area (Å²) < 4.78 is 5.55. The molecule has 1 N–H and O–H groups in total. The van der Waals surface area contributed by atoms with Gasteiger partial charge in [0.05, 0.1) is 11.7 Å². The van der Waals surface area contributed by atoms with E-state index in [-0.39, 0.29) is 12.0 Å². The SMILES string of the molecule is CNc1ccc(Cl)cc1C(=O)N(C)CC1CCCO1. The fraction of sp³-hybridized carbons (Fsp3) is 0.500. The van der Waals surface area contributed by atoms with E-state index in [2.05, 4.69) is 5.32 Å². The van der Waals surface area contributed by atoms with Gasteiger partial charge in [0.25, 0.3) is 5.91 Å². The Kier molecular flexibility index (Phi) is 4.66. The number of hydrogen-bond donors (Lipinski definition) is 1. The first-order valence-corrected chi connectivity index (χ1v) is 6.84. The number of halogens is 1. The van der Waals surface area contributed by atoms with Gasteiger partial charge in [-0.25, -0.2) is 0 Å². The average molecular weight is 283 g/mol. The minimum Gasteiger partial charge on any atom is -0.387 e. The number of rotatable bonds is 4. The lowest BCUT2D eigenvalue weighted by Crippen LogP contribution is -2.34. The Bertz CT molecular complexity index is 459. The molecule has 0 aliphatic carbocycles. The highest BCUT2D eigenvalue weighted by molar-refractivity contribution is 6.31. The smallest absolute Gasteiger partial charge is 0.255 e. The van der Waals surface area contributed by atoms with Crippen LogP contribution in [0.3, 0.4) is 0 Å². The number of ether oxygens (including phenoxy) is 1. The molecule has 5 heteroatoms. The first-order valence-electron chi connectivity index (χ1n) is 6.46. The van der Waals surface area contributed by atoms with Crippen LogP contribution in [0, 0.1) is 0 Å². The van der Waals surface area contributed by atoms with Crippen LogP contribution in [-0.2, 0) is 4.74 Å². The van der Waals surface area contributed by atoms with E-state index in [9.17, 15) is 4.79 Å². The Labute approximate surface area is 118 Å². The van der Waals surface area contributed by atoms with Crippen LogP contribution in [0.1, 0.15) is 23.2 Å². The van der Waals surface area contributed by atoms with E-state index in [0.717, 1.165) is 25.1 Å². The monoisotopic (exact) mass is 282 g/mol. The van der Waals surface area contributed by atoms with Gasteiger partial charge in [-0.2, -0.15) is 0 Å². The number of nitrogens with zero attached hydrogens (tertiary/aromatic N) is 1. The number of nitrogens with one attached hydrogen (secondary N) is 1. The summed E-state index contributed by atoms with van der Waals surface area (Å²) in [5.74, 6) is -0.0395. The highest BCUT2D eigenvalue weighted by atomic mass is 35.5. The summed E-state index contributed by atoms with van der Waals surface area (Å²) in [6.07, 6.45) is 2.25. The van der Waals surface area contributed by atoms with Crippen LogP contribution in [0.25, 0.3) is 0 Å². The van der Waals surface area contributed by atoms with Crippen LogP contribution < -0.4 is 5.32 Å². The molecule has 1 aliphatic heterocycles. The number of carbonyl (C=O) groups excluding carboxylic acids is 1. The summed E-state index contributed by atoms with van der Waals surface area (Å²) >= 11 is 5.97. The third-order valence-corrected chi connectivity index (χ3v) is 3.56. The molecular formula is C14H19ClN2O2. The largest absolute Gasteiger partial charge is 0.387 e. The highest BCUT2D eigenvalue weighted by Crippen LogP contribution is 2.22. The summed E-state index contributed by atoms with van der Waals surface area (Å²) in [6, 6.07) is 5.28. The highest BCUT2D eigenvalue weighted by Gasteiger charge is 2.22. The summed E-state index contributed by atoms with van der Waals surface area (Å²) in [5, 5.41) is 3.58. The Hall–Kier alpha value is -1.26. The van der Waals surface area contributed by atoms with Crippen molar-refractivity contribution in [2.45, 2.75) is 18.9 Å². The molecule has 0 saturated carbocycles. The molecule has 0 bridgehead atoms. The van der Waals surface area contributed by atoms with Gasteiger partial charge in [0.15, 0.2) is 0 Å². The van der Waals surface area contributed by atoms with Crippen LogP contribution >= 0.6 is 11.6 Å². The van der Waals surface area contributed by atoms with Crippen molar-refractivity contribution in [3.63, 3.8) is 0 Å². The number of carbonyl (C=O) groups is 1. The Morgan fingerprint density at radius 1 is 1.58 bits per heavy atom. The Morgan fingerprint density at radius 2 is 2.37 bits per heavy atom. The molecule has 1 heterocycles. The topological polar surface area (TPSA) is 41.6 Å². The van der Waals surface area contributed by atoms with Crippen LogP contribution in [0.2, 0.25) is 5.02 Å². The van der Waals surface area contributed by atoms with Crippen molar-refractivity contribution in [2.24, 2.45) is 0 Å². The number of anilines is 1. The molecule has 1 aliphatic rings. The van der Waals surface area contributed by atoms with Gasteiger partial charge in [-0.15, -0.1) is 0 Å². The van der Waals surface area contributed by atoms with Gasteiger partial charge in [-0.3, -0.25) is 4.79 Å². The molecule has 0 radical (unpaired) electrons. The number of benzene rings is 1. The van der Waals surface area contributed by atoms with Gasteiger partial charge in [0.2, 0.25) is 0 Å². The lowest BCUT2D eigenvalue weighted by Gasteiger charge is -2.22. The summed E-state index contributed by atoms with van der Waals surface area (Å²) in [5.41, 5.74) is 1.38. The van der Waals surface area contributed by atoms with E-state index in [4.69, 9.17) is 16.3 Å². The predicted octanol–water partition coefficient (Wildman–Crippen LogP) is 2.63. The van der Waals surface area contributed by atoms with Crippen molar-refractivity contribution in [3.05, 3.63) is 28.8 Å². The quantitative estimate of drug-likeness (QED) is 0.923. The molecule has 1 saturated heterocycles. The third kappa shape index (κ3) is 3.39. The molecular weight excluding hydrogens is 264 g/mol. The van der Waals surface area contributed by atoms with Crippen LogP contribution in [0.5, 0.6) is 0 Å². The minimum absolute atomic E-state index is 0.0395. The zero-order valence-corrected chi connectivity index (χ0v) is 12.0. The summed E-state index contributed by atoms with van der Waals surface area (Å²) in [6.45, 7) is 1.42. The van der Waals surface area contributed by atoms with Gasteiger partial charge in [-0.1, -0.05) is 11.6 Å². The molecule has 1 atom stereocenters. The van der Waals surface area contributed by atoms with E-state index in [1.807, 2.05) is 6.07 Å². The molecule has 19 heavy (non-hydrogen) atoms. The molecule has 1 aromatic carbocycles. The maximum absolute atomic E-state index is 12.4. The second kappa shape index (κ2) is 6.26. The van der Waals surface area contributed by atoms with Crippen LogP contribution in [0.4, 0.5) is 5.69 Å². The van der Waals surface area contributed by atoms with Crippen molar-refractivity contribution in [2.75, 3.05) is 32.6 Å². The lowest BCUT2D eigenvalue weighted by molar-refractivity contribution is 0.0588. The van der Waals surface area contributed by atoms with Crippen molar-refractivity contribution in [1.29, 1.82) is 0 Å². The molecule has 1 aromatic rings. The maximum Gasteiger partial charge on any atom is 0.255 e. The second-order valence-corrected chi connectivity index (χ2v) is 5.20. The van der Waals surface area contributed by atoms with Crippen LogP contribution in [0.15, 0.2) is 18.2 Å². The van der Waals surface area contributed by atoms with E-state index in [0.29, 0.717) is 17.1 Å². The lowest BCUT2D eigenvalue weighted by atomic mass is 10.1. The van der Waals surface area contributed by atoms with E-state index in [1.165, 1.54) is 0 Å².